The van der Waals surface area contributed by atoms with E-state index >= 15 is 0 Å². The Hall–Kier alpha value is 0.01000. The van der Waals surface area contributed by atoms with Crippen molar-refractivity contribution in [2.45, 2.75) is 24.2 Å². The summed E-state index contributed by atoms with van der Waals surface area (Å²) in [4.78, 5) is 1.37. The Morgan fingerprint density at radius 2 is 2.12 bits per heavy atom. The molecule has 0 radical (unpaired) electrons. The molecule has 0 aromatic heterocycles. The van der Waals surface area contributed by atoms with Gasteiger partial charge in [-0.3, -0.25) is 0 Å². The highest BCUT2D eigenvalue weighted by Gasteiger charge is 2.12. The van der Waals surface area contributed by atoms with Gasteiger partial charge in [0.15, 0.2) is 0 Å². The number of hydrogen-bond acceptors (Lipinski definition) is 2. The van der Waals surface area contributed by atoms with Crippen LogP contribution in [0.15, 0.2) is 33.6 Å². The molecule has 0 saturated carbocycles. The van der Waals surface area contributed by atoms with Crippen LogP contribution < -0.4 is 5.32 Å². The number of rotatable bonds is 3. The minimum Gasteiger partial charge on any atom is -0.317 e. The van der Waals surface area contributed by atoms with E-state index in [9.17, 15) is 0 Å². The van der Waals surface area contributed by atoms with Crippen LogP contribution in [0.3, 0.4) is 0 Å². The summed E-state index contributed by atoms with van der Waals surface area (Å²) >= 11 is 5.59. The Labute approximate surface area is 111 Å². The van der Waals surface area contributed by atoms with Crippen LogP contribution in [0.2, 0.25) is 0 Å². The summed E-state index contributed by atoms with van der Waals surface area (Å²) in [5, 5.41) is 3.47. The van der Waals surface area contributed by atoms with E-state index in [1.54, 1.807) is 0 Å². The van der Waals surface area contributed by atoms with Crippen molar-refractivity contribution >= 4 is 27.7 Å². The molecule has 2 rings (SSSR count). The largest absolute Gasteiger partial charge is 0.317 e. The number of nitrogens with one attached hydrogen (secondary N) is 1. The Morgan fingerprint density at radius 1 is 1.25 bits per heavy atom. The first-order valence-corrected chi connectivity index (χ1v) is 7.72. The topological polar surface area (TPSA) is 12.0 Å². The normalized spacial score (nSPS) is 21.7. The predicted molar refractivity (Wildman–Crippen MR) is 75.1 cm³/mol. The van der Waals surface area contributed by atoms with E-state index in [4.69, 9.17) is 0 Å². The molecule has 1 N–H and O–H groups in total. The van der Waals surface area contributed by atoms with E-state index in [2.05, 4.69) is 45.5 Å². The van der Waals surface area contributed by atoms with E-state index in [0.29, 0.717) is 0 Å². The molecule has 1 unspecified atom stereocenters. The minimum absolute atomic E-state index is 0.882. The Kier molecular flexibility index (Phi) is 5.20. The summed E-state index contributed by atoms with van der Waals surface area (Å²) in [6, 6.07) is 8.51. The average molecular weight is 300 g/mol. The smallest absolute Gasteiger partial charge is 0.0311 e. The van der Waals surface area contributed by atoms with Gasteiger partial charge in [0.05, 0.1) is 0 Å². The van der Waals surface area contributed by atoms with Gasteiger partial charge >= 0.3 is 0 Å². The fraction of sp³-hybridized carbons (Fsp3) is 0.538. The van der Waals surface area contributed by atoms with Gasteiger partial charge in [0, 0.05) is 15.1 Å². The minimum atomic E-state index is 0.882. The van der Waals surface area contributed by atoms with Crippen molar-refractivity contribution in [3.63, 3.8) is 0 Å². The summed E-state index contributed by atoms with van der Waals surface area (Å²) in [5.74, 6) is 2.14. The maximum Gasteiger partial charge on any atom is 0.0311 e. The molecule has 1 heterocycles. The molecule has 1 saturated heterocycles. The molecule has 88 valence electrons. The van der Waals surface area contributed by atoms with Gasteiger partial charge < -0.3 is 5.32 Å². The monoisotopic (exact) mass is 299 g/mol. The maximum atomic E-state index is 3.60. The zero-order valence-corrected chi connectivity index (χ0v) is 11.8. The average Bonchev–Trinajstić information content (AvgIpc) is 2.56. The molecule has 3 heteroatoms. The summed E-state index contributed by atoms with van der Waals surface area (Å²) < 4.78 is 1.23. The molecule has 0 amide bonds. The lowest BCUT2D eigenvalue weighted by Crippen LogP contribution is -2.14. The van der Waals surface area contributed by atoms with Crippen LogP contribution >= 0.6 is 27.7 Å². The summed E-state index contributed by atoms with van der Waals surface area (Å²) in [6.07, 6.45) is 4.04. The fourth-order valence-electron chi connectivity index (χ4n) is 2.03. The molecule has 1 aromatic carbocycles. The van der Waals surface area contributed by atoms with Crippen LogP contribution in [0.4, 0.5) is 0 Å². The molecule has 0 spiro atoms. The molecule has 1 atom stereocenters. The molecule has 16 heavy (non-hydrogen) atoms. The number of thioether (sulfide) groups is 1. The van der Waals surface area contributed by atoms with Gasteiger partial charge in [0.1, 0.15) is 0 Å². The third-order valence-electron chi connectivity index (χ3n) is 3.01. The van der Waals surface area contributed by atoms with Crippen LogP contribution in [-0.2, 0) is 0 Å². The Balaban J connectivity index is 1.84. The second kappa shape index (κ2) is 6.67. The van der Waals surface area contributed by atoms with Crippen LogP contribution in [0.25, 0.3) is 0 Å². The van der Waals surface area contributed by atoms with Gasteiger partial charge in [-0.15, -0.1) is 11.8 Å². The molecule has 1 aliphatic rings. The maximum absolute atomic E-state index is 3.60. The molecule has 1 aliphatic heterocycles. The number of hydrogen-bond donors (Lipinski definition) is 1. The van der Waals surface area contributed by atoms with Gasteiger partial charge in [-0.2, -0.15) is 0 Å². The van der Waals surface area contributed by atoms with E-state index in [1.165, 1.54) is 47.5 Å². The third kappa shape index (κ3) is 3.79. The van der Waals surface area contributed by atoms with Crippen molar-refractivity contribution in [2.75, 3.05) is 18.8 Å². The first kappa shape index (κ1) is 12.5. The lowest BCUT2D eigenvalue weighted by atomic mass is 10.0. The SMILES string of the molecule is Brc1ccccc1SCC1CCCNCC1. The lowest BCUT2D eigenvalue weighted by Gasteiger charge is -2.13. The van der Waals surface area contributed by atoms with Crippen molar-refractivity contribution in [1.29, 1.82) is 0 Å². The van der Waals surface area contributed by atoms with Gasteiger partial charge in [-0.25, -0.2) is 0 Å². The molecular formula is C13H18BrNS. The Morgan fingerprint density at radius 3 is 3.00 bits per heavy atom. The van der Waals surface area contributed by atoms with Crippen LogP contribution in [0.1, 0.15) is 19.3 Å². The molecule has 0 aliphatic carbocycles. The van der Waals surface area contributed by atoms with Crippen molar-refractivity contribution in [3.8, 4) is 0 Å². The molecular weight excluding hydrogens is 282 g/mol. The van der Waals surface area contributed by atoms with E-state index < -0.39 is 0 Å². The van der Waals surface area contributed by atoms with Crippen molar-refractivity contribution in [1.82, 2.24) is 5.32 Å². The zero-order valence-electron chi connectivity index (χ0n) is 9.42. The van der Waals surface area contributed by atoms with Gasteiger partial charge in [-0.05, 0) is 66.3 Å². The van der Waals surface area contributed by atoms with Crippen LogP contribution in [0.5, 0.6) is 0 Å². The molecule has 1 nitrogen and oxygen atoms in total. The van der Waals surface area contributed by atoms with Gasteiger partial charge in [0.25, 0.3) is 0 Å². The highest BCUT2D eigenvalue weighted by atomic mass is 79.9. The first-order chi connectivity index (χ1) is 7.86. The first-order valence-electron chi connectivity index (χ1n) is 5.94. The van der Waals surface area contributed by atoms with E-state index in [1.807, 2.05) is 11.8 Å². The highest BCUT2D eigenvalue weighted by molar-refractivity contribution is 9.10. The summed E-state index contributed by atoms with van der Waals surface area (Å²) in [7, 11) is 0. The molecule has 0 bridgehead atoms. The lowest BCUT2D eigenvalue weighted by molar-refractivity contribution is 0.528. The second-order valence-electron chi connectivity index (χ2n) is 4.29. The van der Waals surface area contributed by atoms with Crippen molar-refractivity contribution in [2.24, 2.45) is 5.92 Å². The zero-order chi connectivity index (χ0) is 11.2. The van der Waals surface area contributed by atoms with Crippen molar-refractivity contribution in [3.05, 3.63) is 28.7 Å². The van der Waals surface area contributed by atoms with E-state index in [-0.39, 0.29) is 0 Å². The highest BCUT2D eigenvalue weighted by Crippen LogP contribution is 2.30. The van der Waals surface area contributed by atoms with Crippen molar-refractivity contribution < 1.29 is 0 Å². The quantitative estimate of drug-likeness (QED) is 0.849. The molecule has 1 fully saturated rings. The second-order valence-corrected chi connectivity index (χ2v) is 6.20. The Bertz CT molecular complexity index is 321. The van der Waals surface area contributed by atoms with Gasteiger partial charge in [-0.1, -0.05) is 12.1 Å². The fourth-order valence-corrected chi connectivity index (χ4v) is 3.78. The van der Waals surface area contributed by atoms with Crippen LogP contribution in [0, 0.1) is 5.92 Å². The number of benzene rings is 1. The van der Waals surface area contributed by atoms with Gasteiger partial charge in [0.2, 0.25) is 0 Å². The third-order valence-corrected chi connectivity index (χ3v) is 5.27. The standard InChI is InChI=1S/C13H18BrNS/c14-12-5-1-2-6-13(12)16-10-11-4-3-8-15-9-7-11/h1-2,5-6,11,15H,3-4,7-10H2. The van der Waals surface area contributed by atoms with Crippen LogP contribution in [-0.4, -0.2) is 18.8 Å². The molecule has 1 aromatic rings. The summed E-state index contributed by atoms with van der Waals surface area (Å²) in [5.41, 5.74) is 0. The summed E-state index contributed by atoms with van der Waals surface area (Å²) in [6.45, 7) is 2.40. The number of halogens is 1. The predicted octanol–water partition coefficient (Wildman–Crippen LogP) is 3.93. The van der Waals surface area contributed by atoms with E-state index in [0.717, 1.165) is 5.92 Å².